The number of rotatable bonds is 7. The van der Waals surface area contributed by atoms with Crippen LogP contribution >= 0.6 is 0 Å². The first-order chi connectivity index (χ1) is 8.71. The maximum absolute atomic E-state index is 10.3. The van der Waals surface area contributed by atoms with E-state index in [-0.39, 0.29) is 10.5 Å². The molecule has 0 aliphatic heterocycles. The Morgan fingerprint density at radius 1 is 1.20 bits per heavy atom. The number of hydrogen-bond acceptors (Lipinski definition) is 2. The summed E-state index contributed by atoms with van der Waals surface area (Å²) in [5.41, 5.74) is 1.22. The average molecular weight is 301 g/mol. The molecule has 3 heteroatoms. The molecule has 0 saturated heterocycles. The standard InChI is InChI=1S/C17H36O2Si/c1-13(2)14(3)17(7,8)11-15(18)12-19-20(9,10)16(4,5)6/h14-15,18H,1,11-12H2,2-10H3. The first kappa shape index (κ1) is 19.9. The number of aliphatic hydroxyl groups excluding tert-OH is 1. The van der Waals surface area contributed by atoms with Crippen LogP contribution in [0.3, 0.4) is 0 Å². The SMILES string of the molecule is C=C(C)C(C)C(C)(C)CC(O)CO[Si](C)(C)C(C)(C)C. The van der Waals surface area contributed by atoms with Gasteiger partial charge in [-0.1, -0.05) is 53.7 Å². The maximum Gasteiger partial charge on any atom is 0.192 e. The second kappa shape index (κ2) is 6.76. The molecular weight excluding hydrogens is 264 g/mol. The minimum absolute atomic E-state index is 0.0437. The van der Waals surface area contributed by atoms with Gasteiger partial charge in [-0.2, -0.15) is 0 Å². The highest BCUT2D eigenvalue weighted by molar-refractivity contribution is 6.74. The molecule has 0 aromatic rings. The molecule has 2 atom stereocenters. The third-order valence-electron chi connectivity index (χ3n) is 5.12. The van der Waals surface area contributed by atoms with E-state index in [0.29, 0.717) is 12.5 Å². The van der Waals surface area contributed by atoms with Crippen LogP contribution in [0, 0.1) is 11.3 Å². The Hall–Kier alpha value is -0.123. The average Bonchev–Trinajstić information content (AvgIpc) is 2.23. The van der Waals surface area contributed by atoms with Gasteiger partial charge >= 0.3 is 0 Å². The van der Waals surface area contributed by atoms with Gasteiger partial charge in [0.15, 0.2) is 8.32 Å². The zero-order chi connectivity index (χ0) is 16.4. The molecule has 0 bridgehead atoms. The number of hydrogen-bond donors (Lipinski definition) is 1. The molecule has 2 unspecified atom stereocenters. The van der Waals surface area contributed by atoms with Crippen molar-refractivity contribution < 1.29 is 9.53 Å². The van der Waals surface area contributed by atoms with E-state index < -0.39 is 14.4 Å². The Bertz CT molecular complexity index is 326. The molecule has 0 heterocycles. The lowest BCUT2D eigenvalue weighted by Gasteiger charge is -2.38. The van der Waals surface area contributed by atoms with Gasteiger partial charge in [0.2, 0.25) is 0 Å². The first-order valence-electron chi connectivity index (χ1n) is 7.68. The molecule has 0 aliphatic rings. The van der Waals surface area contributed by atoms with E-state index in [1.54, 1.807) is 0 Å². The van der Waals surface area contributed by atoms with Gasteiger partial charge in [-0.15, -0.1) is 0 Å². The minimum Gasteiger partial charge on any atom is -0.414 e. The first-order valence-corrected chi connectivity index (χ1v) is 10.6. The van der Waals surface area contributed by atoms with E-state index in [2.05, 4.69) is 68.1 Å². The second-order valence-electron chi connectivity index (χ2n) is 8.49. The Balaban J connectivity index is 4.52. The van der Waals surface area contributed by atoms with E-state index in [4.69, 9.17) is 4.43 Å². The van der Waals surface area contributed by atoms with Gasteiger partial charge in [-0.3, -0.25) is 0 Å². The normalized spacial score (nSPS) is 16.9. The fourth-order valence-corrected chi connectivity index (χ4v) is 3.07. The van der Waals surface area contributed by atoms with E-state index in [1.165, 1.54) is 5.57 Å². The lowest BCUT2D eigenvalue weighted by Crippen LogP contribution is -2.43. The van der Waals surface area contributed by atoms with E-state index in [1.807, 2.05) is 0 Å². The molecule has 20 heavy (non-hydrogen) atoms. The maximum atomic E-state index is 10.3. The van der Waals surface area contributed by atoms with Gasteiger partial charge in [0.05, 0.1) is 12.7 Å². The summed E-state index contributed by atoms with van der Waals surface area (Å²) >= 11 is 0. The van der Waals surface area contributed by atoms with Crippen LogP contribution in [0.2, 0.25) is 18.1 Å². The van der Waals surface area contributed by atoms with Crippen molar-refractivity contribution in [2.24, 2.45) is 11.3 Å². The molecule has 0 amide bonds. The topological polar surface area (TPSA) is 29.5 Å². The van der Waals surface area contributed by atoms with Crippen molar-refractivity contribution in [2.75, 3.05) is 6.61 Å². The van der Waals surface area contributed by atoms with Crippen molar-refractivity contribution >= 4 is 8.32 Å². The summed E-state index contributed by atoms with van der Waals surface area (Å²) in [6, 6.07) is 0. The highest BCUT2D eigenvalue weighted by atomic mass is 28.4. The van der Waals surface area contributed by atoms with Crippen LogP contribution < -0.4 is 0 Å². The lowest BCUT2D eigenvalue weighted by molar-refractivity contribution is 0.0489. The van der Waals surface area contributed by atoms with E-state index in [0.717, 1.165) is 6.42 Å². The third kappa shape index (κ3) is 5.70. The molecule has 0 aromatic carbocycles. The van der Waals surface area contributed by atoms with Gasteiger partial charge in [-0.05, 0) is 42.8 Å². The molecular formula is C17H36O2Si. The summed E-state index contributed by atoms with van der Waals surface area (Å²) in [6.07, 6.45) is 0.344. The zero-order valence-electron chi connectivity index (χ0n) is 15.1. The summed E-state index contributed by atoms with van der Waals surface area (Å²) in [6.45, 7) is 24.2. The van der Waals surface area contributed by atoms with E-state index in [9.17, 15) is 5.11 Å². The molecule has 0 aliphatic carbocycles. The monoisotopic (exact) mass is 300 g/mol. The molecule has 1 N–H and O–H groups in total. The van der Waals surface area contributed by atoms with Crippen LogP contribution in [0.5, 0.6) is 0 Å². The van der Waals surface area contributed by atoms with Crippen LogP contribution in [0.15, 0.2) is 12.2 Å². The quantitative estimate of drug-likeness (QED) is 0.530. The Morgan fingerprint density at radius 2 is 1.65 bits per heavy atom. The molecule has 0 rings (SSSR count). The fourth-order valence-electron chi connectivity index (χ4n) is 2.03. The van der Waals surface area contributed by atoms with Gasteiger partial charge in [0.1, 0.15) is 0 Å². The fraction of sp³-hybridized carbons (Fsp3) is 0.882. The van der Waals surface area contributed by atoms with Crippen molar-refractivity contribution in [2.45, 2.75) is 79.1 Å². The lowest BCUT2D eigenvalue weighted by atomic mass is 9.73. The van der Waals surface area contributed by atoms with Crippen LogP contribution in [-0.4, -0.2) is 26.1 Å². The van der Waals surface area contributed by atoms with Gasteiger partial charge in [0, 0.05) is 0 Å². The van der Waals surface area contributed by atoms with Crippen molar-refractivity contribution in [3.05, 3.63) is 12.2 Å². The molecule has 0 radical (unpaired) electrons. The predicted octanol–water partition coefficient (Wildman–Crippen LogP) is 5.00. The smallest absolute Gasteiger partial charge is 0.192 e. The molecule has 0 saturated carbocycles. The summed E-state index contributed by atoms with van der Waals surface area (Å²) in [5, 5.41) is 10.5. The molecule has 120 valence electrons. The van der Waals surface area contributed by atoms with Gasteiger partial charge < -0.3 is 9.53 Å². The zero-order valence-corrected chi connectivity index (χ0v) is 16.1. The van der Waals surface area contributed by atoms with Crippen LogP contribution in [0.25, 0.3) is 0 Å². The van der Waals surface area contributed by atoms with Crippen molar-refractivity contribution in [3.8, 4) is 0 Å². The molecule has 0 aromatic heterocycles. The second-order valence-corrected chi connectivity index (χ2v) is 13.3. The molecule has 2 nitrogen and oxygen atoms in total. The van der Waals surface area contributed by atoms with Gasteiger partial charge in [-0.25, -0.2) is 0 Å². The van der Waals surface area contributed by atoms with Crippen molar-refractivity contribution in [1.82, 2.24) is 0 Å². The summed E-state index contributed by atoms with van der Waals surface area (Å²) in [5.74, 6) is 0.394. The summed E-state index contributed by atoms with van der Waals surface area (Å²) < 4.78 is 6.11. The minimum atomic E-state index is -1.77. The Kier molecular flexibility index (Phi) is 6.72. The largest absolute Gasteiger partial charge is 0.414 e. The highest BCUT2D eigenvalue weighted by Crippen LogP contribution is 2.38. The van der Waals surface area contributed by atoms with Gasteiger partial charge in [0.25, 0.3) is 0 Å². The van der Waals surface area contributed by atoms with Crippen molar-refractivity contribution in [3.63, 3.8) is 0 Å². The summed E-state index contributed by atoms with van der Waals surface area (Å²) in [4.78, 5) is 0. The molecule has 0 fully saturated rings. The third-order valence-corrected chi connectivity index (χ3v) is 9.62. The van der Waals surface area contributed by atoms with Crippen molar-refractivity contribution in [1.29, 1.82) is 0 Å². The Labute approximate surface area is 127 Å². The highest BCUT2D eigenvalue weighted by Gasteiger charge is 2.38. The van der Waals surface area contributed by atoms with E-state index >= 15 is 0 Å². The van der Waals surface area contributed by atoms with Crippen LogP contribution in [0.4, 0.5) is 0 Å². The predicted molar refractivity (Wildman–Crippen MR) is 91.5 cm³/mol. The van der Waals surface area contributed by atoms with Crippen LogP contribution in [0.1, 0.15) is 54.9 Å². The molecule has 0 spiro atoms. The Morgan fingerprint density at radius 3 is 2.00 bits per heavy atom. The van der Waals surface area contributed by atoms with Crippen LogP contribution in [-0.2, 0) is 4.43 Å². The summed E-state index contributed by atoms with van der Waals surface area (Å²) in [7, 11) is -1.77. The number of allylic oxidation sites excluding steroid dienone is 1. The number of aliphatic hydroxyl groups is 1.